The van der Waals surface area contributed by atoms with Gasteiger partial charge in [0.2, 0.25) is 0 Å². The van der Waals surface area contributed by atoms with Crippen LogP contribution in [0.15, 0.2) is 0 Å². The fraction of sp³-hybridized carbons (Fsp3) is 0.933. The highest BCUT2D eigenvalue weighted by molar-refractivity contribution is 5.66. The van der Waals surface area contributed by atoms with Crippen LogP contribution in [0.3, 0.4) is 0 Å². The van der Waals surface area contributed by atoms with Gasteiger partial charge in [-0.1, -0.05) is 19.3 Å². The first kappa shape index (κ1) is 11.6. The lowest BCUT2D eigenvalue weighted by Crippen LogP contribution is -2.59. The van der Waals surface area contributed by atoms with Crippen molar-refractivity contribution in [1.29, 1.82) is 0 Å². The molecule has 2 nitrogen and oxygen atoms in total. The summed E-state index contributed by atoms with van der Waals surface area (Å²) < 4.78 is 6.01. The molecule has 0 unspecified atom stereocenters. The third kappa shape index (κ3) is 1.71. The molecule has 3 rings (SSSR count). The van der Waals surface area contributed by atoms with Crippen LogP contribution in [0.4, 0.5) is 0 Å². The lowest BCUT2D eigenvalue weighted by molar-refractivity contribution is -0.212. The zero-order valence-corrected chi connectivity index (χ0v) is 10.9. The highest BCUT2D eigenvalue weighted by Gasteiger charge is 2.57. The number of esters is 1. The van der Waals surface area contributed by atoms with E-state index in [0.717, 1.165) is 0 Å². The van der Waals surface area contributed by atoms with E-state index in [1.165, 1.54) is 57.8 Å². The Kier molecular flexibility index (Phi) is 2.92. The van der Waals surface area contributed by atoms with Gasteiger partial charge in [-0.15, -0.1) is 0 Å². The zero-order chi connectivity index (χ0) is 11.9. The van der Waals surface area contributed by atoms with Crippen molar-refractivity contribution in [1.82, 2.24) is 0 Å². The van der Waals surface area contributed by atoms with Crippen molar-refractivity contribution >= 4 is 5.97 Å². The van der Waals surface area contributed by atoms with Crippen molar-refractivity contribution in [2.45, 2.75) is 70.3 Å². The summed E-state index contributed by atoms with van der Waals surface area (Å²) in [6.07, 6.45) is 11.8. The number of carbonyl (C=O) groups is 1. The predicted molar refractivity (Wildman–Crippen MR) is 66.5 cm³/mol. The summed E-state index contributed by atoms with van der Waals surface area (Å²) in [6.45, 7) is 1.60. The van der Waals surface area contributed by atoms with Crippen molar-refractivity contribution in [3.8, 4) is 0 Å². The van der Waals surface area contributed by atoms with E-state index in [1.54, 1.807) is 6.92 Å². The zero-order valence-electron chi connectivity index (χ0n) is 10.9. The van der Waals surface area contributed by atoms with Gasteiger partial charge in [-0.2, -0.15) is 0 Å². The topological polar surface area (TPSA) is 26.3 Å². The molecule has 3 aliphatic carbocycles. The van der Waals surface area contributed by atoms with Crippen molar-refractivity contribution in [2.75, 3.05) is 0 Å². The molecule has 0 radical (unpaired) electrons. The molecular formula is C15H24O2. The normalized spacial score (nSPS) is 44.9. The molecule has 0 aromatic carbocycles. The Morgan fingerprint density at radius 2 is 1.24 bits per heavy atom. The fourth-order valence-electron chi connectivity index (χ4n) is 5.12. The third-order valence-electron chi connectivity index (χ3n) is 5.55. The largest absolute Gasteiger partial charge is 0.458 e. The quantitative estimate of drug-likeness (QED) is 0.649. The van der Waals surface area contributed by atoms with E-state index >= 15 is 0 Å². The van der Waals surface area contributed by atoms with Gasteiger partial charge in [0.05, 0.1) is 0 Å². The van der Waals surface area contributed by atoms with E-state index in [-0.39, 0.29) is 11.6 Å². The maximum absolute atomic E-state index is 11.6. The molecule has 3 fully saturated rings. The number of carbonyl (C=O) groups excluding carboxylic acids is 1. The molecule has 0 aromatic rings. The molecule has 17 heavy (non-hydrogen) atoms. The minimum Gasteiger partial charge on any atom is -0.458 e. The maximum atomic E-state index is 11.6. The van der Waals surface area contributed by atoms with Crippen molar-refractivity contribution < 1.29 is 9.53 Å². The van der Waals surface area contributed by atoms with Crippen LogP contribution < -0.4 is 0 Å². The second kappa shape index (κ2) is 4.29. The molecule has 96 valence electrons. The van der Waals surface area contributed by atoms with Crippen molar-refractivity contribution in [3.63, 3.8) is 0 Å². The Hall–Kier alpha value is -0.530. The smallest absolute Gasteiger partial charge is 0.303 e. The molecule has 0 bridgehead atoms. The van der Waals surface area contributed by atoms with Crippen LogP contribution in [0, 0.1) is 17.8 Å². The summed E-state index contributed by atoms with van der Waals surface area (Å²) >= 11 is 0. The van der Waals surface area contributed by atoms with Gasteiger partial charge in [0.1, 0.15) is 5.60 Å². The highest BCUT2D eigenvalue weighted by atomic mass is 16.6. The van der Waals surface area contributed by atoms with Gasteiger partial charge in [0, 0.05) is 6.92 Å². The first-order chi connectivity index (χ1) is 8.23. The van der Waals surface area contributed by atoms with Gasteiger partial charge >= 0.3 is 5.97 Å². The molecule has 3 aliphatic rings. The molecule has 0 aliphatic heterocycles. The molecule has 0 heterocycles. The molecule has 3 saturated carbocycles. The lowest BCUT2D eigenvalue weighted by atomic mass is 9.53. The Morgan fingerprint density at radius 1 is 0.882 bits per heavy atom. The van der Waals surface area contributed by atoms with Crippen LogP contribution in [-0.4, -0.2) is 11.6 Å². The summed E-state index contributed by atoms with van der Waals surface area (Å²) in [6, 6.07) is 0. The average Bonchev–Trinajstić information content (AvgIpc) is 2.29. The van der Waals surface area contributed by atoms with Crippen LogP contribution in [-0.2, 0) is 9.53 Å². The maximum Gasteiger partial charge on any atom is 0.303 e. The summed E-state index contributed by atoms with van der Waals surface area (Å²) in [5, 5.41) is 0. The van der Waals surface area contributed by atoms with Gasteiger partial charge in [0.25, 0.3) is 0 Å². The molecule has 0 aromatic heterocycles. The highest BCUT2D eigenvalue weighted by Crippen LogP contribution is 2.57. The van der Waals surface area contributed by atoms with E-state index in [1.807, 2.05) is 0 Å². The van der Waals surface area contributed by atoms with E-state index in [4.69, 9.17) is 4.74 Å². The Morgan fingerprint density at radius 3 is 1.53 bits per heavy atom. The molecule has 0 amide bonds. The van der Waals surface area contributed by atoms with E-state index in [0.29, 0.717) is 17.8 Å². The van der Waals surface area contributed by atoms with E-state index in [2.05, 4.69) is 0 Å². The van der Waals surface area contributed by atoms with Crippen LogP contribution in [0.25, 0.3) is 0 Å². The molecule has 0 saturated heterocycles. The van der Waals surface area contributed by atoms with Gasteiger partial charge < -0.3 is 4.74 Å². The second-order valence-electron chi connectivity index (χ2n) is 6.33. The van der Waals surface area contributed by atoms with E-state index in [9.17, 15) is 4.79 Å². The fourth-order valence-corrected chi connectivity index (χ4v) is 5.12. The standard InChI is InChI=1S/C15H24O2/c1-11(16)17-15-12-5-2-6-13(15)8-4-10-14(15)9-3-7-12/h12-14H,2-10H2,1H3. The molecule has 0 spiro atoms. The Labute approximate surface area is 104 Å². The lowest BCUT2D eigenvalue weighted by Gasteiger charge is -2.58. The monoisotopic (exact) mass is 236 g/mol. The van der Waals surface area contributed by atoms with Crippen LogP contribution in [0.2, 0.25) is 0 Å². The molecular weight excluding hydrogens is 212 g/mol. The second-order valence-corrected chi connectivity index (χ2v) is 6.33. The summed E-state index contributed by atoms with van der Waals surface area (Å²) in [7, 11) is 0. The summed E-state index contributed by atoms with van der Waals surface area (Å²) in [5.74, 6) is 1.97. The van der Waals surface area contributed by atoms with Crippen LogP contribution in [0.5, 0.6) is 0 Å². The SMILES string of the molecule is CC(=O)OC12C3CCCC1CCCC2CCC3. The number of hydrogen-bond donors (Lipinski definition) is 0. The van der Waals surface area contributed by atoms with Gasteiger partial charge in [-0.3, -0.25) is 4.79 Å². The number of hydrogen-bond acceptors (Lipinski definition) is 2. The Balaban J connectivity index is 1.96. The van der Waals surface area contributed by atoms with Crippen molar-refractivity contribution in [3.05, 3.63) is 0 Å². The predicted octanol–water partition coefficient (Wildman–Crippen LogP) is 3.69. The molecule has 0 N–H and O–H groups in total. The summed E-state index contributed by atoms with van der Waals surface area (Å²) in [5.41, 5.74) is -0.0411. The number of rotatable bonds is 1. The van der Waals surface area contributed by atoms with Crippen LogP contribution in [0.1, 0.15) is 64.7 Å². The minimum atomic E-state index is -0.0456. The third-order valence-corrected chi connectivity index (χ3v) is 5.55. The first-order valence-corrected chi connectivity index (χ1v) is 7.43. The first-order valence-electron chi connectivity index (χ1n) is 7.43. The number of ether oxygens (including phenoxy) is 1. The molecule has 2 heteroatoms. The minimum absolute atomic E-state index is 0.0411. The average molecular weight is 236 g/mol. The molecule has 0 atom stereocenters. The van der Waals surface area contributed by atoms with Gasteiger partial charge in [0.15, 0.2) is 0 Å². The van der Waals surface area contributed by atoms with E-state index < -0.39 is 0 Å². The van der Waals surface area contributed by atoms with Crippen molar-refractivity contribution in [2.24, 2.45) is 17.8 Å². The summed E-state index contributed by atoms with van der Waals surface area (Å²) in [4.78, 5) is 11.6. The van der Waals surface area contributed by atoms with Crippen LogP contribution >= 0.6 is 0 Å². The van der Waals surface area contributed by atoms with Gasteiger partial charge in [-0.05, 0) is 56.3 Å². The van der Waals surface area contributed by atoms with Gasteiger partial charge in [-0.25, -0.2) is 0 Å². The Bertz CT molecular complexity index is 262.